The molecule has 0 atom stereocenters. The first-order chi connectivity index (χ1) is 6.55. The Hall–Kier alpha value is 0.110. The summed E-state index contributed by atoms with van der Waals surface area (Å²) in [6, 6.07) is 0. The van der Waals surface area contributed by atoms with Gasteiger partial charge in [-0.2, -0.15) is 0 Å². The van der Waals surface area contributed by atoms with Crippen molar-refractivity contribution in [3.8, 4) is 0 Å². The summed E-state index contributed by atoms with van der Waals surface area (Å²) in [6.45, 7) is 2.81. The first-order valence-corrected chi connectivity index (χ1v) is 5.73. The molecule has 0 unspecified atom stereocenters. The Balaban J connectivity index is 1.67. The van der Waals surface area contributed by atoms with Crippen LogP contribution >= 0.6 is 11.6 Å². The van der Waals surface area contributed by atoms with Crippen molar-refractivity contribution in [1.29, 1.82) is 0 Å². The fourth-order valence-corrected chi connectivity index (χ4v) is 2.56. The van der Waals surface area contributed by atoms with Crippen LogP contribution in [0.1, 0.15) is 25.7 Å². The number of likely N-dealkylation sites (tertiary alicyclic amines) is 1. The van der Waals surface area contributed by atoms with Gasteiger partial charge in [0.2, 0.25) is 5.92 Å². The first kappa shape index (κ1) is 10.6. The minimum Gasteiger partial charge on any atom is -0.303 e. The standard InChI is InChI=1S/C10H16ClF2N/c11-9-1-3-14(4-2-9)7-8-5-10(12,13)6-8/h8-9H,1-7H2. The third-order valence-electron chi connectivity index (χ3n) is 3.21. The van der Waals surface area contributed by atoms with Crippen LogP contribution in [-0.4, -0.2) is 35.8 Å². The second-order valence-electron chi connectivity index (χ2n) is 4.61. The maximum Gasteiger partial charge on any atom is 0.248 e. The highest BCUT2D eigenvalue weighted by Crippen LogP contribution is 2.42. The van der Waals surface area contributed by atoms with Crippen LogP contribution in [0.4, 0.5) is 8.78 Å². The van der Waals surface area contributed by atoms with E-state index >= 15 is 0 Å². The van der Waals surface area contributed by atoms with Crippen molar-refractivity contribution in [2.45, 2.75) is 37.0 Å². The normalized spacial score (nSPS) is 30.2. The zero-order chi connectivity index (χ0) is 10.2. The van der Waals surface area contributed by atoms with Gasteiger partial charge in [0, 0.05) is 24.8 Å². The SMILES string of the molecule is FC1(F)CC(CN2CCC(Cl)CC2)C1. The van der Waals surface area contributed by atoms with Gasteiger partial charge < -0.3 is 4.90 Å². The predicted octanol–water partition coefficient (Wildman–Crippen LogP) is 2.73. The molecule has 1 aliphatic carbocycles. The summed E-state index contributed by atoms with van der Waals surface area (Å²) in [5.41, 5.74) is 0. The van der Waals surface area contributed by atoms with E-state index in [2.05, 4.69) is 4.90 Å². The monoisotopic (exact) mass is 223 g/mol. The third-order valence-corrected chi connectivity index (χ3v) is 3.64. The maximum absolute atomic E-state index is 12.6. The summed E-state index contributed by atoms with van der Waals surface area (Å²) < 4.78 is 25.1. The zero-order valence-electron chi connectivity index (χ0n) is 8.19. The van der Waals surface area contributed by atoms with Crippen LogP contribution in [0.3, 0.4) is 0 Å². The van der Waals surface area contributed by atoms with Crippen LogP contribution in [0.25, 0.3) is 0 Å². The van der Waals surface area contributed by atoms with Crippen LogP contribution in [0.15, 0.2) is 0 Å². The molecule has 0 aromatic rings. The summed E-state index contributed by atoms with van der Waals surface area (Å²) in [5.74, 6) is -2.15. The number of alkyl halides is 3. The van der Waals surface area contributed by atoms with E-state index in [4.69, 9.17) is 11.6 Å². The number of hydrogen-bond acceptors (Lipinski definition) is 1. The first-order valence-electron chi connectivity index (χ1n) is 5.29. The quantitative estimate of drug-likeness (QED) is 0.651. The van der Waals surface area contributed by atoms with E-state index < -0.39 is 5.92 Å². The van der Waals surface area contributed by atoms with Gasteiger partial charge in [-0.3, -0.25) is 0 Å². The highest BCUT2D eigenvalue weighted by molar-refractivity contribution is 6.20. The molecular formula is C10H16ClF2N. The van der Waals surface area contributed by atoms with Crippen molar-refractivity contribution in [2.75, 3.05) is 19.6 Å². The van der Waals surface area contributed by atoms with Crippen molar-refractivity contribution in [2.24, 2.45) is 5.92 Å². The van der Waals surface area contributed by atoms with Gasteiger partial charge in [0.05, 0.1) is 0 Å². The lowest BCUT2D eigenvalue weighted by Crippen LogP contribution is -2.45. The molecule has 14 heavy (non-hydrogen) atoms. The predicted molar refractivity (Wildman–Crippen MR) is 53.0 cm³/mol. The summed E-state index contributed by atoms with van der Waals surface area (Å²) in [4.78, 5) is 2.28. The molecule has 82 valence electrons. The molecule has 1 saturated heterocycles. The van der Waals surface area contributed by atoms with Crippen LogP contribution in [0.5, 0.6) is 0 Å². The second kappa shape index (κ2) is 3.93. The van der Waals surface area contributed by atoms with E-state index in [0.717, 1.165) is 32.5 Å². The lowest BCUT2D eigenvalue weighted by molar-refractivity contribution is -0.117. The molecule has 1 saturated carbocycles. The lowest BCUT2D eigenvalue weighted by atomic mass is 9.81. The number of halogens is 3. The largest absolute Gasteiger partial charge is 0.303 e. The average Bonchev–Trinajstić information content (AvgIpc) is 2.06. The van der Waals surface area contributed by atoms with Gasteiger partial charge in [-0.05, 0) is 31.8 Å². The molecule has 0 aromatic heterocycles. The Morgan fingerprint density at radius 3 is 2.29 bits per heavy atom. The number of rotatable bonds is 2. The van der Waals surface area contributed by atoms with Crippen LogP contribution in [0, 0.1) is 5.92 Å². The molecule has 4 heteroatoms. The van der Waals surface area contributed by atoms with Gasteiger partial charge in [0.15, 0.2) is 0 Å². The fourth-order valence-electron chi connectivity index (χ4n) is 2.36. The van der Waals surface area contributed by atoms with Crippen molar-refractivity contribution >= 4 is 11.6 Å². The van der Waals surface area contributed by atoms with Gasteiger partial charge in [-0.15, -0.1) is 11.6 Å². The lowest BCUT2D eigenvalue weighted by Gasteiger charge is -2.39. The summed E-state index contributed by atoms with van der Waals surface area (Å²) in [5, 5.41) is 0.300. The molecule has 0 aromatic carbocycles. The molecule has 1 nitrogen and oxygen atoms in total. The van der Waals surface area contributed by atoms with E-state index in [1.54, 1.807) is 0 Å². The Morgan fingerprint density at radius 1 is 1.21 bits per heavy atom. The van der Waals surface area contributed by atoms with Crippen LogP contribution in [0.2, 0.25) is 0 Å². The molecule has 0 radical (unpaired) electrons. The number of nitrogens with zero attached hydrogens (tertiary/aromatic N) is 1. The molecule has 2 aliphatic rings. The summed E-state index contributed by atoms with van der Waals surface area (Å²) in [7, 11) is 0. The summed E-state index contributed by atoms with van der Waals surface area (Å²) >= 11 is 5.96. The molecule has 0 amide bonds. The molecular weight excluding hydrogens is 208 g/mol. The van der Waals surface area contributed by atoms with Crippen LogP contribution < -0.4 is 0 Å². The highest BCUT2D eigenvalue weighted by atomic mass is 35.5. The number of hydrogen-bond donors (Lipinski definition) is 0. The summed E-state index contributed by atoms with van der Waals surface area (Å²) in [6.07, 6.45) is 2.19. The van der Waals surface area contributed by atoms with Crippen molar-refractivity contribution in [3.63, 3.8) is 0 Å². The molecule has 2 rings (SSSR count). The molecule has 0 bridgehead atoms. The van der Waals surface area contributed by atoms with E-state index in [1.165, 1.54) is 0 Å². The molecule has 1 aliphatic heterocycles. The molecule has 1 heterocycles. The van der Waals surface area contributed by atoms with Gasteiger partial charge in [0.25, 0.3) is 0 Å². The Morgan fingerprint density at radius 2 is 1.79 bits per heavy atom. The van der Waals surface area contributed by atoms with Gasteiger partial charge >= 0.3 is 0 Å². The molecule has 2 fully saturated rings. The third kappa shape index (κ3) is 2.57. The second-order valence-corrected chi connectivity index (χ2v) is 5.22. The minimum atomic E-state index is -2.37. The topological polar surface area (TPSA) is 3.24 Å². The highest BCUT2D eigenvalue weighted by Gasteiger charge is 2.45. The fraction of sp³-hybridized carbons (Fsp3) is 1.00. The Kier molecular flexibility index (Phi) is 2.98. The van der Waals surface area contributed by atoms with E-state index in [-0.39, 0.29) is 18.8 Å². The Bertz CT molecular complexity index is 194. The van der Waals surface area contributed by atoms with Crippen molar-refractivity contribution in [3.05, 3.63) is 0 Å². The molecule has 0 spiro atoms. The molecule has 0 N–H and O–H groups in total. The van der Waals surface area contributed by atoms with Crippen LogP contribution in [-0.2, 0) is 0 Å². The number of piperidine rings is 1. The van der Waals surface area contributed by atoms with E-state index in [9.17, 15) is 8.78 Å². The minimum absolute atomic E-state index is 0.0911. The van der Waals surface area contributed by atoms with E-state index in [1.807, 2.05) is 0 Å². The zero-order valence-corrected chi connectivity index (χ0v) is 8.94. The Labute approximate surface area is 88.4 Å². The van der Waals surface area contributed by atoms with Gasteiger partial charge in [0.1, 0.15) is 0 Å². The van der Waals surface area contributed by atoms with Gasteiger partial charge in [-0.25, -0.2) is 8.78 Å². The van der Waals surface area contributed by atoms with Gasteiger partial charge in [-0.1, -0.05) is 0 Å². The van der Waals surface area contributed by atoms with Crippen molar-refractivity contribution < 1.29 is 8.78 Å². The van der Waals surface area contributed by atoms with E-state index in [0.29, 0.717) is 5.38 Å². The van der Waals surface area contributed by atoms with Crippen molar-refractivity contribution in [1.82, 2.24) is 4.90 Å². The maximum atomic E-state index is 12.6. The smallest absolute Gasteiger partial charge is 0.248 e. The average molecular weight is 224 g/mol.